The van der Waals surface area contributed by atoms with Crippen molar-refractivity contribution in [1.82, 2.24) is 0 Å². The summed E-state index contributed by atoms with van der Waals surface area (Å²) < 4.78 is 0. The Labute approximate surface area is 94.8 Å². The molecule has 3 nitrogen and oxygen atoms in total. The molecule has 0 saturated carbocycles. The molecule has 1 aromatic rings. The summed E-state index contributed by atoms with van der Waals surface area (Å²) >= 11 is 6.04. The molecule has 0 aliphatic rings. The standard InChI is InChI=1S/C11H15ClN2O/c1-7(13)11(15)8-4-5-10(14(2)3)9(12)6-8/h4-7H,13H2,1-3H3. The Bertz CT molecular complexity index is 375. The van der Waals surface area contributed by atoms with Gasteiger partial charge in [0.05, 0.1) is 16.8 Å². The van der Waals surface area contributed by atoms with Crippen molar-refractivity contribution < 1.29 is 4.79 Å². The van der Waals surface area contributed by atoms with Crippen molar-refractivity contribution in [2.24, 2.45) is 5.73 Å². The van der Waals surface area contributed by atoms with Gasteiger partial charge in [-0.25, -0.2) is 0 Å². The van der Waals surface area contributed by atoms with Gasteiger partial charge in [0.25, 0.3) is 0 Å². The molecule has 15 heavy (non-hydrogen) atoms. The van der Waals surface area contributed by atoms with Crippen LogP contribution in [-0.2, 0) is 0 Å². The second-order valence-electron chi connectivity index (χ2n) is 3.71. The quantitative estimate of drug-likeness (QED) is 0.802. The molecule has 0 aromatic heterocycles. The molecule has 82 valence electrons. The van der Waals surface area contributed by atoms with Crippen molar-refractivity contribution in [2.75, 3.05) is 19.0 Å². The summed E-state index contributed by atoms with van der Waals surface area (Å²) in [7, 11) is 3.79. The van der Waals surface area contributed by atoms with Crippen LogP contribution in [0.25, 0.3) is 0 Å². The van der Waals surface area contributed by atoms with E-state index in [-0.39, 0.29) is 5.78 Å². The number of Topliss-reactive ketones (excluding diaryl/α,β-unsaturated/α-hetero) is 1. The van der Waals surface area contributed by atoms with Crippen molar-refractivity contribution in [3.63, 3.8) is 0 Å². The van der Waals surface area contributed by atoms with Gasteiger partial charge in [0.15, 0.2) is 5.78 Å². The second kappa shape index (κ2) is 4.64. The number of carbonyl (C=O) groups is 1. The maximum atomic E-state index is 11.6. The minimum Gasteiger partial charge on any atom is -0.376 e. The van der Waals surface area contributed by atoms with Gasteiger partial charge >= 0.3 is 0 Å². The Kier molecular flexibility index (Phi) is 3.72. The van der Waals surface area contributed by atoms with Crippen LogP contribution in [0.15, 0.2) is 18.2 Å². The van der Waals surface area contributed by atoms with Gasteiger partial charge in [0.1, 0.15) is 0 Å². The third-order valence-corrected chi connectivity index (χ3v) is 2.43. The van der Waals surface area contributed by atoms with Gasteiger partial charge in [-0.15, -0.1) is 0 Å². The van der Waals surface area contributed by atoms with Gasteiger partial charge in [0, 0.05) is 19.7 Å². The Hall–Kier alpha value is -1.06. The van der Waals surface area contributed by atoms with Crippen LogP contribution in [0.4, 0.5) is 5.69 Å². The summed E-state index contributed by atoms with van der Waals surface area (Å²) in [6.07, 6.45) is 0. The van der Waals surface area contributed by atoms with E-state index in [1.165, 1.54) is 0 Å². The number of nitrogens with zero attached hydrogens (tertiary/aromatic N) is 1. The average molecular weight is 227 g/mol. The molecule has 0 saturated heterocycles. The van der Waals surface area contributed by atoms with E-state index in [4.69, 9.17) is 17.3 Å². The third kappa shape index (κ3) is 2.70. The van der Waals surface area contributed by atoms with Crippen LogP contribution in [0.3, 0.4) is 0 Å². The SMILES string of the molecule is CC(N)C(=O)c1ccc(N(C)C)c(Cl)c1. The van der Waals surface area contributed by atoms with Crippen LogP contribution in [0.1, 0.15) is 17.3 Å². The van der Waals surface area contributed by atoms with Crippen LogP contribution >= 0.6 is 11.6 Å². The van der Waals surface area contributed by atoms with Crippen LogP contribution in [0, 0.1) is 0 Å². The monoisotopic (exact) mass is 226 g/mol. The Balaban J connectivity index is 3.07. The van der Waals surface area contributed by atoms with E-state index in [9.17, 15) is 4.79 Å². The molecule has 1 rings (SSSR count). The molecular formula is C11H15ClN2O. The van der Waals surface area contributed by atoms with E-state index in [1.807, 2.05) is 25.1 Å². The van der Waals surface area contributed by atoms with Gasteiger partial charge in [-0.2, -0.15) is 0 Å². The van der Waals surface area contributed by atoms with Crippen molar-refractivity contribution in [2.45, 2.75) is 13.0 Å². The lowest BCUT2D eigenvalue weighted by molar-refractivity contribution is 0.0968. The molecule has 1 atom stereocenters. The fourth-order valence-corrected chi connectivity index (χ4v) is 1.64. The molecular weight excluding hydrogens is 212 g/mol. The summed E-state index contributed by atoms with van der Waals surface area (Å²) in [5, 5.41) is 0.562. The number of ketones is 1. The lowest BCUT2D eigenvalue weighted by atomic mass is 10.1. The highest BCUT2D eigenvalue weighted by Gasteiger charge is 2.12. The molecule has 0 radical (unpaired) electrons. The predicted molar refractivity (Wildman–Crippen MR) is 63.8 cm³/mol. The highest BCUT2D eigenvalue weighted by molar-refractivity contribution is 6.33. The Morgan fingerprint density at radius 2 is 2.07 bits per heavy atom. The molecule has 0 amide bonds. The van der Waals surface area contributed by atoms with E-state index >= 15 is 0 Å². The van der Waals surface area contributed by atoms with E-state index in [0.717, 1.165) is 5.69 Å². The van der Waals surface area contributed by atoms with Gasteiger partial charge < -0.3 is 10.6 Å². The summed E-state index contributed by atoms with van der Waals surface area (Å²) in [6.45, 7) is 1.66. The number of hydrogen-bond donors (Lipinski definition) is 1. The highest BCUT2D eigenvalue weighted by Crippen LogP contribution is 2.25. The zero-order valence-electron chi connectivity index (χ0n) is 9.12. The molecule has 1 aromatic carbocycles. The number of hydrogen-bond acceptors (Lipinski definition) is 3. The second-order valence-corrected chi connectivity index (χ2v) is 4.12. The molecule has 0 bridgehead atoms. The van der Waals surface area contributed by atoms with Crippen molar-refractivity contribution >= 4 is 23.1 Å². The number of halogens is 1. The van der Waals surface area contributed by atoms with Crippen molar-refractivity contribution in [3.8, 4) is 0 Å². The van der Waals surface area contributed by atoms with Crippen LogP contribution in [0.2, 0.25) is 5.02 Å². The van der Waals surface area contributed by atoms with Gasteiger partial charge in [0.2, 0.25) is 0 Å². The van der Waals surface area contributed by atoms with E-state index < -0.39 is 6.04 Å². The first-order valence-corrected chi connectivity index (χ1v) is 5.08. The van der Waals surface area contributed by atoms with E-state index in [0.29, 0.717) is 10.6 Å². The number of anilines is 1. The molecule has 0 heterocycles. The molecule has 0 aliphatic carbocycles. The lowest BCUT2D eigenvalue weighted by Crippen LogP contribution is -2.26. The number of benzene rings is 1. The molecule has 0 aliphatic heterocycles. The van der Waals surface area contributed by atoms with E-state index in [2.05, 4.69) is 0 Å². The fourth-order valence-electron chi connectivity index (χ4n) is 1.29. The maximum absolute atomic E-state index is 11.6. The summed E-state index contributed by atoms with van der Waals surface area (Å²) in [4.78, 5) is 13.5. The number of nitrogens with two attached hydrogens (primary N) is 1. The molecule has 1 unspecified atom stereocenters. The van der Waals surface area contributed by atoms with Gasteiger partial charge in [-0.1, -0.05) is 11.6 Å². The van der Waals surface area contributed by atoms with Crippen LogP contribution in [-0.4, -0.2) is 25.9 Å². The molecule has 2 N–H and O–H groups in total. The topological polar surface area (TPSA) is 46.3 Å². The fraction of sp³-hybridized carbons (Fsp3) is 0.364. The van der Waals surface area contributed by atoms with Crippen LogP contribution in [0.5, 0.6) is 0 Å². The van der Waals surface area contributed by atoms with Gasteiger partial charge in [-0.3, -0.25) is 4.79 Å². The normalized spacial score (nSPS) is 12.3. The largest absolute Gasteiger partial charge is 0.376 e. The predicted octanol–water partition coefficient (Wildman–Crippen LogP) is 1.94. The van der Waals surface area contributed by atoms with Gasteiger partial charge in [-0.05, 0) is 25.1 Å². The Morgan fingerprint density at radius 1 is 1.47 bits per heavy atom. The Morgan fingerprint density at radius 3 is 2.47 bits per heavy atom. The number of rotatable bonds is 3. The summed E-state index contributed by atoms with van der Waals surface area (Å²) in [6, 6.07) is 4.72. The lowest BCUT2D eigenvalue weighted by Gasteiger charge is -2.15. The van der Waals surface area contributed by atoms with E-state index in [1.54, 1.807) is 19.1 Å². The molecule has 0 spiro atoms. The summed E-state index contributed by atoms with van der Waals surface area (Å²) in [5.41, 5.74) is 6.96. The first kappa shape index (κ1) is 12.0. The van der Waals surface area contributed by atoms with Crippen LogP contribution < -0.4 is 10.6 Å². The smallest absolute Gasteiger partial charge is 0.179 e. The zero-order valence-corrected chi connectivity index (χ0v) is 9.88. The first-order valence-electron chi connectivity index (χ1n) is 4.70. The molecule has 4 heteroatoms. The van der Waals surface area contributed by atoms with Crippen molar-refractivity contribution in [1.29, 1.82) is 0 Å². The summed E-state index contributed by atoms with van der Waals surface area (Å²) in [5.74, 6) is -0.0952. The third-order valence-electron chi connectivity index (χ3n) is 2.13. The highest BCUT2D eigenvalue weighted by atomic mass is 35.5. The maximum Gasteiger partial charge on any atom is 0.179 e. The van der Waals surface area contributed by atoms with Crippen molar-refractivity contribution in [3.05, 3.63) is 28.8 Å². The minimum absolute atomic E-state index is 0.0952. The minimum atomic E-state index is -0.494. The number of carbonyl (C=O) groups excluding carboxylic acids is 1. The molecule has 0 fully saturated rings. The first-order chi connectivity index (χ1) is 6.93. The zero-order chi connectivity index (χ0) is 11.6. The average Bonchev–Trinajstić information content (AvgIpc) is 2.15.